The number of hydrogen-bond donors (Lipinski definition) is 1. The molecule has 1 N–H and O–H groups in total. The molecular weight excluding hydrogens is 642 g/mol. The van der Waals surface area contributed by atoms with E-state index in [1.54, 1.807) is 38.2 Å². The number of allylic oxidation sites excluding steroid dienone is 6. The average Bonchev–Trinajstić information content (AvgIpc) is 3.31. The summed E-state index contributed by atoms with van der Waals surface area (Å²) in [7, 11) is 4.59. The van der Waals surface area contributed by atoms with Crippen molar-refractivity contribution >= 4 is 34.2 Å². The lowest BCUT2D eigenvalue weighted by atomic mass is 9.68. The highest BCUT2D eigenvalue weighted by molar-refractivity contribution is 6.32. The number of fused-ring (bicyclic) bond motifs is 4. The predicted octanol–water partition coefficient (Wildman–Crippen LogP) is 2.74. The van der Waals surface area contributed by atoms with Crippen LogP contribution < -0.4 is 26.4 Å². The van der Waals surface area contributed by atoms with Crippen molar-refractivity contribution in [2.24, 2.45) is 7.05 Å². The van der Waals surface area contributed by atoms with Crippen LogP contribution in [0.5, 0.6) is 17.2 Å². The van der Waals surface area contributed by atoms with Gasteiger partial charge in [-0.1, -0.05) is 23.7 Å². The molecule has 0 unspecified atom stereocenters. The first kappa shape index (κ1) is 31.2. The quantitative estimate of drug-likeness (QED) is 0.241. The van der Waals surface area contributed by atoms with Crippen molar-refractivity contribution in [2.45, 2.75) is 44.8 Å². The molecule has 2 aromatic carbocycles. The summed E-state index contributed by atoms with van der Waals surface area (Å²) >= 11 is 6.60. The second-order valence-corrected chi connectivity index (χ2v) is 12.4. The Hall–Kier alpha value is -5.43. The molecular formula is C34H30ClN5O8. The van der Waals surface area contributed by atoms with Gasteiger partial charge in [-0.15, -0.1) is 0 Å². The first-order valence-corrected chi connectivity index (χ1v) is 15.5. The molecule has 0 fully saturated rings. The SMILES string of the molecule is COc1cc2nc(CCn3c(=O)n4n(c3=O)[C@@H]3CC5=C(C(=O)C(C)=CC5=O)[C@@H](c5ccc(O)cc5Cl)C3=CC4)c(=O)n(C)c2cc1OC. The lowest BCUT2D eigenvalue weighted by Crippen LogP contribution is -2.41. The Labute approximate surface area is 277 Å². The molecule has 0 radical (unpaired) electrons. The first-order valence-electron chi connectivity index (χ1n) is 15.2. The summed E-state index contributed by atoms with van der Waals surface area (Å²) in [6, 6.07) is 6.94. The predicted molar refractivity (Wildman–Crippen MR) is 175 cm³/mol. The molecule has 2 atom stereocenters. The third-order valence-corrected chi connectivity index (χ3v) is 9.75. The van der Waals surface area contributed by atoms with E-state index >= 15 is 0 Å². The van der Waals surface area contributed by atoms with Gasteiger partial charge in [0.25, 0.3) is 5.56 Å². The Morgan fingerprint density at radius 3 is 2.46 bits per heavy atom. The number of aryl methyl sites for hydroxylation is 2. The van der Waals surface area contributed by atoms with Gasteiger partial charge in [0, 0.05) is 66.2 Å². The van der Waals surface area contributed by atoms with Crippen molar-refractivity contribution in [2.75, 3.05) is 14.2 Å². The minimum absolute atomic E-state index is 0.0147. The van der Waals surface area contributed by atoms with E-state index in [2.05, 4.69) is 4.98 Å². The van der Waals surface area contributed by atoms with Crippen LogP contribution in [0.3, 0.4) is 0 Å². The van der Waals surface area contributed by atoms with Crippen LogP contribution >= 0.6 is 11.6 Å². The van der Waals surface area contributed by atoms with E-state index in [0.29, 0.717) is 39.2 Å². The summed E-state index contributed by atoms with van der Waals surface area (Å²) in [6.07, 6.45) is 3.08. The van der Waals surface area contributed by atoms with E-state index in [9.17, 15) is 29.1 Å². The second-order valence-electron chi connectivity index (χ2n) is 12.0. The molecule has 0 spiro atoms. The maximum atomic E-state index is 14.0. The van der Waals surface area contributed by atoms with E-state index in [-0.39, 0.29) is 70.7 Å². The maximum Gasteiger partial charge on any atom is 0.347 e. The second kappa shape index (κ2) is 11.4. The number of phenols is 1. The summed E-state index contributed by atoms with van der Waals surface area (Å²) in [6.45, 7) is 1.47. The van der Waals surface area contributed by atoms with Gasteiger partial charge in [0.1, 0.15) is 11.4 Å². The number of aromatic nitrogens is 5. The minimum Gasteiger partial charge on any atom is -0.508 e. The van der Waals surface area contributed by atoms with Crippen LogP contribution in [0, 0.1) is 0 Å². The number of carbonyl (C=O) groups excluding carboxylic acids is 2. The molecule has 3 aliphatic rings. The molecule has 7 rings (SSSR count). The summed E-state index contributed by atoms with van der Waals surface area (Å²) in [5, 5.41) is 10.2. The monoisotopic (exact) mass is 671 g/mol. The lowest BCUT2D eigenvalue weighted by Gasteiger charge is -2.39. The zero-order valence-corrected chi connectivity index (χ0v) is 27.2. The van der Waals surface area contributed by atoms with Crippen molar-refractivity contribution in [1.29, 1.82) is 0 Å². The van der Waals surface area contributed by atoms with E-state index in [1.807, 2.05) is 0 Å². The van der Waals surface area contributed by atoms with Gasteiger partial charge >= 0.3 is 11.4 Å². The number of Topliss-reactive ketones (excluding diaryl/α,β-unsaturated/α-hetero) is 1. The van der Waals surface area contributed by atoms with E-state index < -0.39 is 23.3 Å². The highest BCUT2D eigenvalue weighted by atomic mass is 35.5. The van der Waals surface area contributed by atoms with Crippen LogP contribution in [0.15, 0.2) is 79.2 Å². The van der Waals surface area contributed by atoms with Gasteiger partial charge in [-0.3, -0.25) is 14.4 Å². The van der Waals surface area contributed by atoms with E-state index in [4.69, 9.17) is 21.1 Å². The fraction of sp³-hybridized carbons (Fsp3) is 0.294. The molecule has 13 nitrogen and oxygen atoms in total. The molecule has 0 saturated carbocycles. The number of hydrogen-bond acceptors (Lipinski definition) is 9. The lowest BCUT2D eigenvalue weighted by molar-refractivity contribution is -0.116. The molecule has 14 heteroatoms. The zero-order valence-electron chi connectivity index (χ0n) is 26.4. The molecule has 0 saturated heterocycles. The van der Waals surface area contributed by atoms with Gasteiger partial charge in [-0.25, -0.2) is 28.5 Å². The van der Waals surface area contributed by atoms with Crippen molar-refractivity contribution in [1.82, 2.24) is 23.5 Å². The van der Waals surface area contributed by atoms with Crippen LogP contribution in [-0.4, -0.2) is 54.4 Å². The topological polar surface area (TPSA) is 157 Å². The van der Waals surface area contributed by atoms with E-state index in [0.717, 1.165) is 4.57 Å². The smallest absolute Gasteiger partial charge is 0.347 e. The fourth-order valence-corrected chi connectivity index (χ4v) is 7.35. The van der Waals surface area contributed by atoms with Crippen LogP contribution in [0.25, 0.3) is 11.0 Å². The van der Waals surface area contributed by atoms with Gasteiger partial charge in [0.15, 0.2) is 23.1 Å². The fourth-order valence-electron chi connectivity index (χ4n) is 7.07. The normalized spacial score (nSPS) is 18.7. The molecule has 246 valence electrons. The molecule has 1 aliphatic heterocycles. The average molecular weight is 672 g/mol. The highest BCUT2D eigenvalue weighted by Crippen LogP contribution is 2.51. The Morgan fingerprint density at radius 1 is 1.02 bits per heavy atom. The summed E-state index contributed by atoms with van der Waals surface area (Å²) < 4.78 is 15.9. The summed E-state index contributed by atoms with van der Waals surface area (Å²) in [5.41, 5.74) is 1.51. The molecule has 4 aromatic rings. The Bertz CT molecular complexity index is 2390. The molecule has 2 aliphatic carbocycles. The number of halogens is 1. The number of carbonyl (C=O) groups is 2. The van der Waals surface area contributed by atoms with Gasteiger partial charge in [-0.2, -0.15) is 0 Å². The highest BCUT2D eigenvalue weighted by Gasteiger charge is 2.45. The third kappa shape index (κ3) is 4.60. The molecule has 2 aromatic heterocycles. The minimum atomic E-state index is -0.786. The van der Waals surface area contributed by atoms with Crippen LogP contribution in [-0.2, 0) is 36.1 Å². The number of nitrogens with zero attached hydrogens (tertiary/aromatic N) is 5. The van der Waals surface area contributed by atoms with Crippen molar-refractivity contribution in [3.05, 3.63) is 112 Å². The van der Waals surface area contributed by atoms with E-state index in [1.165, 1.54) is 46.4 Å². The zero-order chi connectivity index (χ0) is 34.2. The molecule has 0 bridgehead atoms. The molecule has 3 heterocycles. The van der Waals surface area contributed by atoms with Crippen molar-refractivity contribution in [3.63, 3.8) is 0 Å². The standard InChI is InChI=1S/C34H30ClN5O8/c1-16-11-26(42)20-13-24-19(29(30(20)31(16)43)18-6-5-17(41)12-21(18)35)7-10-39-33(45)38(34(46)40(24)39)9-8-22-32(44)37(2)25-15-28(48-4)27(47-3)14-23(25)36-22/h5-7,11-12,14-15,24,29,41H,8-10,13H2,1-4H3/t24-,29+/m1/s1. The number of ketones is 2. The number of aromatic hydroxyl groups is 1. The van der Waals surface area contributed by atoms with Crippen molar-refractivity contribution in [3.8, 4) is 17.2 Å². The van der Waals surface area contributed by atoms with Gasteiger partial charge in [0.2, 0.25) is 0 Å². The van der Waals surface area contributed by atoms with Gasteiger partial charge < -0.3 is 19.1 Å². The van der Waals surface area contributed by atoms with Gasteiger partial charge in [0.05, 0.1) is 37.8 Å². The van der Waals surface area contributed by atoms with Crippen LogP contribution in [0.1, 0.15) is 36.6 Å². The van der Waals surface area contributed by atoms with Gasteiger partial charge in [-0.05, 0) is 36.3 Å². The summed E-state index contributed by atoms with van der Waals surface area (Å²) in [5.74, 6) is -0.630. The van der Waals surface area contributed by atoms with Crippen LogP contribution in [0.4, 0.5) is 0 Å². The number of benzene rings is 2. The maximum absolute atomic E-state index is 14.0. The Balaban J connectivity index is 1.30. The Kier molecular flexibility index (Phi) is 7.39. The number of rotatable bonds is 6. The molecule has 0 amide bonds. The molecule has 48 heavy (non-hydrogen) atoms. The summed E-state index contributed by atoms with van der Waals surface area (Å²) in [4.78, 5) is 72.5. The largest absolute Gasteiger partial charge is 0.508 e. The third-order valence-electron chi connectivity index (χ3n) is 9.43. The number of phenolic OH excluding ortho intramolecular Hbond substituents is 1. The first-order chi connectivity index (χ1) is 22.9. The van der Waals surface area contributed by atoms with Crippen molar-refractivity contribution < 1.29 is 24.2 Å². The number of methoxy groups -OCH3 is 2. The van der Waals surface area contributed by atoms with Crippen LogP contribution in [0.2, 0.25) is 5.02 Å². The Morgan fingerprint density at radius 2 is 1.75 bits per heavy atom. The number of ether oxygens (including phenoxy) is 2.